The molecule has 85 heavy (non-hydrogen) atoms. The molecule has 0 unspecified atom stereocenters. The van der Waals surface area contributed by atoms with Gasteiger partial charge in [0.25, 0.3) is 56.3 Å². The van der Waals surface area contributed by atoms with Gasteiger partial charge in [-0.2, -0.15) is 57.4 Å². The monoisotopic (exact) mass is 1270 g/mol. The summed E-state index contributed by atoms with van der Waals surface area (Å²) < 4.78 is 182. The van der Waals surface area contributed by atoms with Crippen LogP contribution in [0.15, 0.2) is 156 Å². The molecule has 7 aromatic carbocycles. The lowest BCUT2D eigenvalue weighted by atomic mass is 10.1. The molecular weight excluding hydrogens is 1240 g/mol. The average molecular weight is 1270 g/mol. The lowest BCUT2D eigenvalue weighted by Gasteiger charge is -2.13. The first-order valence-corrected chi connectivity index (χ1v) is 29.2. The van der Waals surface area contributed by atoms with E-state index in [9.17, 15) is 100 Å². The van der Waals surface area contributed by atoms with Gasteiger partial charge in [-0.15, -0.1) is 30.3 Å². The van der Waals surface area contributed by atoms with E-state index >= 15 is 0 Å². The number of aromatic carboxylic acids is 1. The summed E-state index contributed by atoms with van der Waals surface area (Å²) in [4.78, 5) is 20.0. The zero-order valence-electron chi connectivity index (χ0n) is 41.4. The second kappa shape index (κ2) is 22.1. The van der Waals surface area contributed by atoms with Crippen molar-refractivity contribution in [1.82, 2.24) is 9.78 Å². The lowest BCUT2D eigenvalue weighted by molar-refractivity contribution is -0.385. The highest BCUT2D eigenvalue weighted by molar-refractivity contribution is 7.87. The van der Waals surface area contributed by atoms with E-state index in [1.807, 2.05) is 0 Å². The second-order valence-electron chi connectivity index (χ2n) is 16.7. The Bertz CT molecular complexity index is 5050. The van der Waals surface area contributed by atoms with Crippen molar-refractivity contribution in [2.45, 2.75) is 24.5 Å². The normalized spacial score (nSPS) is 12.8. The van der Waals surface area contributed by atoms with Crippen molar-refractivity contribution in [2.24, 2.45) is 40.9 Å². The van der Waals surface area contributed by atoms with Gasteiger partial charge in [-0.3, -0.25) is 32.9 Å². The van der Waals surface area contributed by atoms with Crippen LogP contribution in [0.4, 0.5) is 62.7 Å². The fourth-order valence-electron chi connectivity index (χ4n) is 7.77. The third kappa shape index (κ3) is 12.1. The number of hydrogen-bond donors (Lipinski definition) is 10. The molecule has 1 aromatic heterocycles. The molecule has 0 aliphatic carbocycles. The molecule has 0 saturated heterocycles. The van der Waals surface area contributed by atoms with E-state index in [4.69, 9.17) is 17.0 Å². The smallest absolute Gasteiger partial charge is 0.338 e. The number of carbonyl (C=O) groups is 1. The van der Waals surface area contributed by atoms with Crippen LogP contribution < -0.4 is 10.5 Å². The number of nitro groups is 1. The van der Waals surface area contributed by atoms with Gasteiger partial charge in [-0.1, -0.05) is 12.6 Å². The van der Waals surface area contributed by atoms with Gasteiger partial charge in [-0.05, 0) is 71.8 Å². The van der Waals surface area contributed by atoms with Crippen molar-refractivity contribution in [2.75, 3.05) is 12.8 Å². The van der Waals surface area contributed by atoms with E-state index in [-0.39, 0.29) is 5.75 Å². The number of aromatic nitrogens is 2. The Morgan fingerprint density at radius 3 is 1.76 bits per heavy atom. The zero-order valence-corrected chi connectivity index (χ0v) is 45.5. The molecular formula is C44H29N13O23S5. The molecule has 41 heteroatoms. The van der Waals surface area contributed by atoms with Gasteiger partial charge in [0.15, 0.2) is 17.2 Å². The molecule has 438 valence electrons. The number of anilines is 1. The minimum Gasteiger partial charge on any atom is -0.505 e. The highest BCUT2D eigenvalue weighted by Crippen LogP contribution is 2.49. The summed E-state index contributed by atoms with van der Waals surface area (Å²) in [7, 11) is -25.6. The van der Waals surface area contributed by atoms with Gasteiger partial charge in [0.05, 0.1) is 34.4 Å². The summed E-state index contributed by atoms with van der Waals surface area (Å²) >= 11 is 0. The van der Waals surface area contributed by atoms with Crippen molar-refractivity contribution in [1.29, 1.82) is 0 Å². The van der Waals surface area contributed by atoms with E-state index in [1.165, 1.54) is 13.2 Å². The van der Waals surface area contributed by atoms with Crippen molar-refractivity contribution < 1.29 is 99.7 Å². The summed E-state index contributed by atoms with van der Waals surface area (Å²) in [5, 5.41) is 85.6. The molecule has 1 heterocycles. The Morgan fingerprint density at radius 1 is 0.600 bits per heavy atom. The summed E-state index contributed by atoms with van der Waals surface area (Å²) in [6, 6.07) is 12.1. The van der Waals surface area contributed by atoms with Crippen molar-refractivity contribution in [3.05, 3.63) is 118 Å². The topological polar surface area (TPSA) is 569 Å². The third-order valence-corrected chi connectivity index (χ3v) is 16.0. The fourth-order valence-corrected chi connectivity index (χ4v) is 11.3. The number of fused-ring (bicyclic) bond motifs is 2. The molecule has 0 saturated carbocycles. The summed E-state index contributed by atoms with van der Waals surface area (Å²) in [5.74, 6) is -5.83. The molecule has 0 atom stereocenters. The Labute approximate surface area is 473 Å². The number of rotatable bonds is 17. The number of ether oxygens (including phenoxy) is 1. The maximum absolute atomic E-state index is 13.1. The number of carboxylic acid groups (broad SMARTS) is 1. The van der Waals surface area contributed by atoms with Crippen LogP contribution in [0.1, 0.15) is 10.4 Å². The number of carboxylic acids is 1. The van der Waals surface area contributed by atoms with Crippen molar-refractivity contribution in [3.8, 4) is 28.8 Å². The van der Waals surface area contributed by atoms with Gasteiger partial charge >= 0.3 is 11.8 Å². The van der Waals surface area contributed by atoms with Crippen LogP contribution in [-0.4, -0.2) is 113 Å². The molecule has 0 fully saturated rings. The van der Waals surface area contributed by atoms with Gasteiger partial charge < -0.3 is 35.7 Å². The van der Waals surface area contributed by atoms with Crippen LogP contribution >= 0.6 is 0 Å². The van der Waals surface area contributed by atoms with Gasteiger partial charge in [0, 0.05) is 34.4 Å². The number of benzene rings is 7. The summed E-state index contributed by atoms with van der Waals surface area (Å²) in [6.45, 7) is 7.51. The summed E-state index contributed by atoms with van der Waals surface area (Å²) in [6.07, 6.45) is 0. The number of aromatic hydroxyl groups is 3. The average Bonchev–Trinajstić information content (AvgIpc) is 1.38. The molecule has 0 radical (unpaired) electrons. The Morgan fingerprint density at radius 2 is 1.16 bits per heavy atom. The van der Waals surface area contributed by atoms with Crippen molar-refractivity contribution >= 4 is 141 Å². The molecule has 0 bridgehead atoms. The number of phenolic OH excluding ortho intramolecular Hbond substituents is 2. The number of hydrogen-bond acceptors (Lipinski definition) is 27. The van der Waals surface area contributed by atoms with E-state index in [2.05, 4.69) is 50.9 Å². The lowest BCUT2D eigenvalue weighted by Crippen LogP contribution is -2.07. The van der Waals surface area contributed by atoms with E-state index in [0.29, 0.717) is 22.9 Å². The van der Waals surface area contributed by atoms with Crippen LogP contribution in [0.3, 0.4) is 0 Å². The highest BCUT2D eigenvalue weighted by atomic mass is 32.2. The molecule has 0 aliphatic heterocycles. The van der Waals surface area contributed by atoms with Crippen LogP contribution in [0, 0.1) is 16.7 Å². The molecule has 36 nitrogen and oxygen atoms in total. The predicted molar refractivity (Wildman–Crippen MR) is 286 cm³/mol. The van der Waals surface area contributed by atoms with E-state index in [1.54, 1.807) is 0 Å². The number of nitro benzene ring substituents is 1. The second-order valence-corrected chi connectivity index (χ2v) is 23.6. The third-order valence-electron chi connectivity index (χ3n) is 11.5. The quantitative estimate of drug-likeness (QED) is 0.0101. The maximum atomic E-state index is 13.1. The first-order chi connectivity index (χ1) is 39.5. The molecule has 0 spiro atoms. The largest absolute Gasteiger partial charge is 0.505 e. The standard InChI is InChI=1S/C44H29N13O23S5/c1-46-42-38(43(60)56(55-42)30-12-5-20(80-2)15-33(30)83(71,72)73)54-48-25-8-3-18(13-24(25)44(61)62)47-53-37-34(84(74,75)76)16-23-21(39(37)58)6-11-28(41(23)85(77,78)79)51-52-29-17-31(81(65,66)67)22-7-10-27(40(59)35(22)36(29)45)50-49-26-9-4-19(57(63)64)14-32(26)82(68,69)70/h3-17,58-60H,45H2,2H3,(H,61,62)(H,65,66,67)(H,68,69,70)(H,71,72,73)(H,74,75,76)(H,77,78,79). The Hall–Kier alpha value is -10.4. The van der Waals surface area contributed by atoms with E-state index in [0.717, 1.165) is 66.7 Å². The zero-order chi connectivity index (χ0) is 62.6. The maximum Gasteiger partial charge on any atom is 0.338 e. The van der Waals surface area contributed by atoms with Crippen LogP contribution in [0.25, 0.3) is 32.1 Å². The predicted octanol–water partition coefficient (Wildman–Crippen LogP) is 8.94. The number of azo groups is 4. The first kappa shape index (κ1) is 60.7. The molecule has 11 N–H and O–H groups in total. The molecule has 8 rings (SSSR count). The fraction of sp³-hybridized carbons (Fsp3) is 0.0227. The van der Waals surface area contributed by atoms with E-state index < -0.39 is 199 Å². The number of nitrogen functional groups attached to an aromatic ring is 1. The van der Waals surface area contributed by atoms with Crippen LogP contribution in [0.5, 0.6) is 23.1 Å². The van der Waals surface area contributed by atoms with Crippen molar-refractivity contribution in [3.63, 3.8) is 0 Å². The number of nitrogens with two attached hydrogens (primary N) is 1. The number of nitrogens with zero attached hydrogens (tertiary/aromatic N) is 12. The SMILES string of the molecule is [C-]#[N+]c1nn(-c2ccc(OC)cc2S(=O)(=O)O)c(O)c1N=Nc1ccc(N=Nc2c(S(=O)(=O)O)cc3c(S(=O)(=O)O)c(N=Nc4cc(S(=O)(=O)O)c5ccc(N=Nc6ccc([N+](=O)[O-])cc6S(=O)(=O)O)c(O)c5c4N)ccc3c2O)cc1C(=O)O. The van der Waals surface area contributed by atoms with Crippen LogP contribution in [0.2, 0.25) is 0 Å². The molecule has 0 amide bonds. The minimum absolute atomic E-state index is 0.0441. The Kier molecular flexibility index (Phi) is 15.7. The number of methoxy groups -OCH3 is 1. The highest BCUT2D eigenvalue weighted by Gasteiger charge is 2.31. The number of phenols is 2. The Balaban J connectivity index is 1.18. The summed E-state index contributed by atoms with van der Waals surface area (Å²) in [5.41, 5.74) is -2.39. The first-order valence-electron chi connectivity index (χ1n) is 22.0. The van der Waals surface area contributed by atoms with Gasteiger partial charge in [-0.25, -0.2) is 4.79 Å². The molecule has 0 aliphatic rings. The minimum atomic E-state index is -5.67. The number of non-ortho nitro benzene ring substituents is 1. The van der Waals surface area contributed by atoms with Gasteiger partial charge in [0.2, 0.25) is 5.88 Å². The van der Waals surface area contributed by atoms with Crippen LogP contribution in [-0.2, 0) is 50.6 Å². The van der Waals surface area contributed by atoms with Gasteiger partial charge in [0.1, 0.15) is 70.0 Å². The molecule has 8 aromatic rings.